The molecule has 0 aliphatic heterocycles. The summed E-state index contributed by atoms with van der Waals surface area (Å²) in [6, 6.07) is 2.98. The van der Waals surface area contributed by atoms with Crippen molar-refractivity contribution in [3.63, 3.8) is 0 Å². The fourth-order valence-electron chi connectivity index (χ4n) is 1.24. The van der Waals surface area contributed by atoms with Crippen molar-refractivity contribution in [2.75, 3.05) is 10.5 Å². The van der Waals surface area contributed by atoms with Crippen molar-refractivity contribution in [1.29, 1.82) is 0 Å². The molecule has 0 atom stereocenters. The summed E-state index contributed by atoms with van der Waals surface area (Å²) in [5.41, 5.74) is 5.38. The highest BCUT2D eigenvalue weighted by molar-refractivity contribution is 7.92. The molecule has 8 nitrogen and oxygen atoms in total. The highest BCUT2D eigenvalue weighted by Crippen LogP contribution is 2.17. The normalized spacial score (nSPS) is 11.4. The third-order valence-electron chi connectivity index (χ3n) is 1.94. The third kappa shape index (κ3) is 2.53. The summed E-state index contributed by atoms with van der Waals surface area (Å²) < 4.78 is 38.9. The number of nitrogens with zero attached hydrogens (tertiary/aromatic N) is 4. The lowest BCUT2D eigenvalue weighted by Gasteiger charge is -2.05. The molecular weight excluding hydrogens is 263 g/mol. The Kier molecular flexibility index (Phi) is 2.87. The van der Waals surface area contributed by atoms with Crippen LogP contribution < -0.4 is 10.5 Å². The largest absolute Gasteiger partial charge is 0.399 e. The summed E-state index contributed by atoms with van der Waals surface area (Å²) in [6.45, 7) is 0. The Morgan fingerprint density at radius 2 is 2.11 bits per heavy atom. The molecule has 2 aromatic rings. The van der Waals surface area contributed by atoms with E-state index >= 15 is 0 Å². The Morgan fingerprint density at radius 3 is 2.67 bits per heavy atom. The molecule has 0 aliphatic rings. The number of sulfonamides is 1. The molecule has 0 amide bonds. The third-order valence-corrected chi connectivity index (χ3v) is 3.25. The lowest BCUT2D eigenvalue weighted by molar-refractivity contribution is 0.595. The zero-order chi connectivity index (χ0) is 13.3. The van der Waals surface area contributed by atoms with Gasteiger partial charge >= 0.3 is 0 Å². The zero-order valence-electron chi connectivity index (χ0n) is 9.20. The van der Waals surface area contributed by atoms with Crippen molar-refractivity contribution in [3.8, 4) is 0 Å². The van der Waals surface area contributed by atoms with Gasteiger partial charge in [0.15, 0.2) is 0 Å². The van der Waals surface area contributed by atoms with Crippen LogP contribution in [0.2, 0.25) is 0 Å². The predicted octanol–water partition coefficient (Wildman–Crippen LogP) is -0.268. The number of tetrazole rings is 1. The predicted molar refractivity (Wildman–Crippen MR) is 60.4 cm³/mol. The van der Waals surface area contributed by atoms with Gasteiger partial charge in [-0.15, -0.1) is 5.10 Å². The van der Waals surface area contributed by atoms with Crippen LogP contribution in [0.3, 0.4) is 0 Å². The second-order valence-electron chi connectivity index (χ2n) is 3.43. The highest BCUT2D eigenvalue weighted by Gasteiger charge is 2.18. The van der Waals surface area contributed by atoms with E-state index in [2.05, 4.69) is 20.1 Å². The van der Waals surface area contributed by atoms with E-state index < -0.39 is 15.8 Å². The molecule has 2 rings (SSSR count). The monoisotopic (exact) mass is 272 g/mol. The fraction of sp³-hybridized carbons (Fsp3) is 0.125. The van der Waals surface area contributed by atoms with E-state index in [1.54, 1.807) is 0 Å². The first-order valence-electron chi connectivity index (χ1n) is 4.70. The molecule has 0 aliphatic carbocycles. The van der Waals surface area contributed by atoms with E-state index in [0.29, 0.717) is 0 Å². The summed E-state index contributed by atoms with van der Waals surface area (Å²) in [4.78, 5) is 0.769. The molecule has 10 heteroatoms. The Balaban J connectivity index is 2.36. The number of nitrogens with one attached hydrogen (secondary N) is 1. The Bertz CT molecular complexity index is 662. The van der Waals surface area contributed by atoms with E-state index in [1.165, 1.54) is 7.05 Å². The van der Waals surface area contributed by atoms with Gasteiger partial charge in [0.25, 0.3) is 16.0 Å². The maximum Gasteiger partial charge on any atom is 0.277 e. The van der Waals surface area contributed by atoms with Crippen LogP contribution in [0.1, 0.15) is 0 Å². The maximum atomic E-state index is 13.1. The molecule has 1 aromatic carbocycles. The minimum absolute atomic E-state index is 0.00230. The van der Waals surface area contributed by atoms with E-state index in [9.17, 15) is 12.8 Å². The quantitative estimate of drug-likeness (QED) is 0.743. The average molecular weight is 272 g/mol. The number of aromatic nitrogens is 4. The van der Waals surface area contributed by atoms with Crippen LogP contribution in [0, 0.1) is 5.82 Å². The zero-order valence-corrected chi connectivity index (χ0v) is 10.0. The van der Waals surface area contributed by atoms with Crippen LogP contribution in [-0.2, 0) is 17.1 Å². The number of halogens is 1. The number of anilines is 2. The number of rotatable bonds is 3. The molecule has 0 spiro atoms. The van der Waals surface area contributed by atoms with Gasteiger partial charge in [0.2, 0.25) is 0 Å². The molecule has 0 unspecified atom stereocenters. The first-order chi connectivity index (χ1) is 8.37. The van der Waals surface area contributed by atoms with Gasteiger partial charge in [0.1, 0.15) is 5.82 Å². The van der Waals surface area contributed by atoms with Gasteiger partial charge in [-0.1, -0.05) is 5.10 Å². The minimum atomic E-state index is -3.99. The number of hydrogen-bond donors (Lipinski definition) is 2. The Hall–Kier alpha value is -2.23. The number of nitrogen functional groups attached to an aromatic ring is 1. The molecule has 0 radical (unpaired) electrons. The molecule has 1 aromatic heterocycles. The summed E-state index contributed by atoms with van der Waals surface area (Å²) in [5, 5.41) is 10.6. The van der Waals surface area contributed by atoms with Gasteiger partial charge < -0.3 is 5.73 Å². The summed E-state index contributed by atoms with van der Waals surface area (Å²) in [6.07, 6.45) is 0. The van der Waals surface area contributed by atoms with Crippen molar-refractivity contribution >= 4 is 21.7 Å². The van der Waals surface area contributed by atoms with Crippen LogP contribution in [-0.4, -0.2) is 28.6 Å². The van der Waals surface area contributed by atoms with Crippen molar-refractivity contribution in [3.05, 3.63) is 24.0 Å². The highest BCUT2D eigenvalue weighted by atomic mass is 32.2. The van der Waals surface area contributed by atoms with Gasteiger partial charge in [0, 0.05) is 5.69 Å². The van der Waals surface area contributed by atoms with Crippen molar-refractivity contribution in [2.45, 2.75) is 4.90 Å². The van der Waals surface area contributed by atoms with Crippen LogP contribution in [0.5, 0.6) is 0 Å². The van der Waals surface area contributed by atoms with E-state index in [4.69, 9.17) is 5.73 Å². The van der Waals surface area contributed by atoms with Gasteiger partial charge in [-0.3, -0.25) is 0 Å². The smallest absolute Gasteiger partial charge is 0.277 e. The molecule has 1 heterocycles. The van der Waals surface area contributed by atoms with Crippen LogP contribution in [0.25, 0.3) is 0 Å². The molecule has 0 saturated carbocycles. The number of nitrogens with two attached hydrogens (primary N) is 1. The first-order valence-corrected chi connectivity index (χ1v) is 6.18. The molecule has 0 saturated heterocycles. The van der Waals surface area contributed by atoms with E-state index in [0.717, 1.165) is 23.0 Å². The lowest BCUT2D eigenvalue weighted by Crippen LogP contribution is -2.14. The number of hydrogen-bond acceptors (Lipinski definition) is 6. The maximum absolute atomic E-state index is 13.1. The van der Waals surface area contributed by atoms with Crippen molar-refractivity contribution < 1.29 is 12.8 Å². The number of aryl methyl sites for hydroxylation is 1. The van der Waals surface area contributed by atoms with Crippen LogP contribution in [0.4, 0.5) is 16.0 Å². The molecule has 3 N–H and O–H groups in total. The van der Waals surface area contributed by atoms with E-state index in [1.807, 2.05) is 0 Å². The van der Waals surface area contributed by atoms with Crippen molar-refractivity contribution in [2.24, 2.45) is 7.05 Å². The molecule has 0 fully saturated rings. The van der Waals surface area contributed by atoms with E-state index in [-0.39, 0.29) is 16.5 Å². The summed E-state index contributed by atoms with van der Waals surface area (Å²) in [5.74, 6) is -0.956. The number of benzene rings is 1. The van der Waals surface area contributed by atoms with Gasteiger partial charge in [-0.05, 0) is 23.4 Å². The summed E-state index contributed by atoms with van der Waals surface area (Å²) in [7, 11) is -2.52. The molecule has 96 valence electrons. The standard InChI is InChI=1S/C8H9FN6O2S/c1-15-12-8(11-14-15)13-18(16,17)7-3-5(9)2-6(10)4-7/h2-4H,10H2,1H3,(H,12,13). The average Bonchev–Trinajstić information content (AvgIpc) is 2.61. The Morgan fingerprint density at radius 1 is 1.39 bits per heavy atom. The minimum Gasteiger partial charge on any atom is -0.399 e. The Labute approximate surface area is 102 Å². The first kappa shape index (κ1) is 12.2. The van der Waals surface area contributed by atoms with Gasteiger partial charge in [0.05, 0.1) is 11.9 Å². The molecule has 18 heavy (non-hydrogen) atoms. The van der Waals surface area contributed by atoms with Crippen molar-refractivity contribution in [1.82, 2.24) is 20.2 Å². The summed E-state index contributed by atoms with van der Waals surface area (Å²) >= 11 is 0. The SMILES string of the molecule is Cn1nnc(NS(=O)(=O)c2cc(N)cc(F)c2)n1. The second-order valence-corrected chi connectivity index (χ2v) is 5.11. The molecular formula is C8H9FN6O2S. The lowest BCUT2D eigenvalue weighted by atomic mass is 10.3. The van der Waals surface area contributed by atoms with Crippen LogP contribution in [0.15, 0.2) is 23.1 Å². The van der Waals surface area contributed by atoms with Gasteiger partial charge in [-0.2, -0.15) is 4.80 Å². The van der Waals surface area contributed by atoms with Gasteiger partial charge in [-0.25, -0.2) is 17.5 Å². The van der Waals surface area contributed by atoms with Crippen LogP contribution >= 0.6 is 0 Å². The molecule has 0 bridgehead atoms. The second kappa shape index (κ2) is 4.22. The fourth-order valence-corrected chi connectivity index (χ4v) is 2.24. The topological polar surface area (TPSA) is 116 Å².